The molecule has 1 radical (unpaired) electrons. The summed E-state index contributed by atoms with van der Waals surface area (Å²) < 4.78 is 0. The quantitative estimate of drug-likeness (QED) is 0.554. The van der Waals surface area contributed by atoms with Crippen LogP contribution in [0.3, 0.4) is 0 Å². The Balaban J connectivity index is 2.50. The molecule has 0 aromatic carbocycles. The summed E-state index contributed by atoms with van der Waals surface area (Å²) >= 11 is 0. The van der Waals surface area contributed by atoms with Crippen LogP contribution < -0.4 is 0 Å². The Hall–Kier alpha value is -0.590. The van der Waals surface area contributed by atoms with E-state index >= 15 is 0 Å². The molecule has 1 rings (SSSR count). The molecule has 0 spiro atoms. The largest absolute Gasteiger partial charge is 0.291 e. The third kappa shape index (κ3) is 2.49. The molecule has 0 saturated carbocycles. The molecule has 61 valence electrons. The lowest BCUT2D eigenvalue weighted by atomic mass is 9.78. The molecule has 0 fully saturated rings. The smallest absolute Gasteiger partial charge is 0.202 e. The molecule has 0 atom stereocenters. The molecule has 0 bridgehead atoms. The van der Waals surface area contributed by atoms with E-state index in [1.165, 1.54) is 12.0 Å². The standard InChI is InChI=1S/C10H15O/c1-10(2)6-3-9(4-7-10)5-8-11/h3H,4-7H2,1-2H3. The summed E-state index contributed by atoms with van der Waals surface area (Å²) in [5, 5.41) is 0. The molecule has 1 aliphatic carbocycles. The van der Waals surface area contributed by atoms with Crippen LogP contribution in [-0.2, 0) is 4.79 Å². The van der Waals surface area contributed by atoms with Gasteiger partial charge in [0.05, 0.1) is 0 Å². The van der Waals surface area contributed by atoms with Crippen molar-refractivity contribution in [3.8, 4) is 0 Å². The van der Waals surface area contributed by atoms with E-state index in [1.807, 2.05) is 6.29 Å². The van der Waals surface area contributed by atoms with E-state index < -0.39 is 0 Å². The lowest BCUT2D eigenvalue weighted by Crippen LogP contribution is -2.14. The zero-order chi connectivity index (χ0) is 8.32. The topological polar surface area (TPSA) is 17.1 Å². The van der Waals surface area contributed by atoms with Crippen molar-refractivity contribution >= 4 is 6.29 Å². The van der Waals surface area contributed by atoms with Gasteiger partial charge in [-0.05, 0) is 24.7 Å². The summed E-state index contributed by atoms with van der Waals surface area (Å²) in [7, 11) is 0. The minimum absolute atomic E-state index is 0.451. The van der Waals surface area contributed by atoms with E-state index in [0.717, 1.165) is 12.8 Å². The Kier molecular flexibility index (Phi) is 2.48. The van der Waals surface area contributed by atoms with Crippen molar-refractivity contribution < 1.29 is 4.79 Å². The Morgan fingerprint density at radius 1 is 1.64 bits per heavy atom. The number of allylic oxidation sites excluding steroid dienone is 2. The Morgan fingerprint density at radius 2 is 2.36 bits per heavy atom. The van der Waals surface area contributed by atoms with Crippen LogP contribution in [0.2, 0.25) is 0 Å². The van der Waals surface area contributed by atoms with Crippen LogP contribution in [0.4, 0.5) is 0 Å². The third-order valence-corrected chi connectivity index (χ3v) is 2.37. The van der Waals surface area contributed by atoms with Crippen molar-refractivity contribution in [3.05, 3.63) is 11.6 Å². The van der Waals surface area contributed by atoms with Crippen molar-refractivity contribution in [1.82, 2.24) is 0 Å². The molecule has 1 aliphatic rings. The van der Waals surface area contributed by atoms with Crippen molar-refractivity contribution in [1.29, 1.82) is 0 Å². The molecule has 0 aromatic rings. The Morgan fingerprint density at radius 3 is 2.82 bits per heavy atom. The minimum Gasteiger partial charge on any atom is -0.291 e. The summed E-state index contributed by atoms with van der Waals surface area (Å²) in [6.07, 6.45) is 8.08. The van der Waals surface area contributed by atoms with Crippen LogP contribution in [0.1, 0.15) is 39.5 Å². The maximum absolute atomic E-state index is 10.1. The monoisotopic (exact) mass is 151 g/mol. The van der Waals surface area contributed by atoms with Gasteiger partial charge in [0.2, 0.25) is 6.29 Å². The fourth-order valence-electron chi connectivity index (χ4n) is 1.38. The second-order valence-electron chi connectivity index (χ2n) is 4.05. The highest BCUT2D eigenvalue weighted by Gasteiger charge is 2.20. The average Bonchev–Trinajstić information content (AvgIpc) is 1.94. The summed E-state index contributed by atoms with van der Waals surface area (Å²) in [6.45, 7) is 4.54. The number of carbonyl (C=O) groups excluding carboxylic acids is 1. The van der Waals surface area contributed by atoms with Crippen molar-refractivity contribution in [2.45, 2.75) is 39.5 Å². The molecule has 1 heteroatoms. The molecule has 11 heavy (non-hydrogen) atoms. The first-order chi connectivity index (χ1) is 5.14. The van der Waals surface area contributed by atoms with Crippen LogP contribution in [0.5, 0.6) is 0 Å². The second-order valence-corrected chi connectivity index (χ2v) is 4.05. The Labute approximate surface area is 68.5 Å². The molecule has 0 heterocycles. The zero-order valence-corrected chi connectivity index (χ0v) is 7.31. The van der Waals surface area contributed by atoms with Gasteiger partial charge in [-0.15, -0.1) is 0 Å². The Bertz CT molecular complexity index is 177. The van der Waals surface area contributed by atoms with Crippen LogP contribution >= 0.6 is 0 Å². The molecular formula is C10H15O. The SMILES string of the molecule is CC1(C)CC=C(C[C]=O)CC1. The molecule has 0 unspecified atom stereocenters. The van der Waals surface area contributed by atoms with Crippen molar-refractivity contribution in [2.24, 2.45) is 5.41 Å². The predicted molar refractivity (Wildman–Crippen MR) is 46.0 cm³/mol. The summed E-state index contributed by atoms with van der Waals surface area (Å²) in [6, 6.07) is 0. The van der Waals surface area contributed by atoms with Gasteiger partial charge in [-0.1, -0.05) is 25.5 Å². The maximum atomic E-state index is 10.1. The van der Waals surface area contributed by atoms with Gasteiger partial charge in [0.1, 0.15) is 0 Å². The first-order valence-corrected chi connectivity index (χ1v) is 4.17. The summed E-state index contributed by atoms with van der Waals surface area (Å²) in [4.78, 5) is 10.1. The molecule has 0 saturated heterocycles. The average molecular weight is 151 g/mol. The minimum atomic E-state index is 0.451. The number of rotatable bonds is 2. The summed E-state index contributed by atoms with van der Waals surface area (Å²) in [5.74, 6) is 0. The van der Waals surface area contributed by atoms with E-state index in [-0.39, 0.29) is 0 Å². The van der Waals surface area contributed by atoms with E-state index in [9.17, 15) is 4.79 Å². The van der Waals surface area contributed by atoms with E-state index in [2.05, 4.69) is 19.9 Å². The van der Waals surface area contributed by atoms with Gasteiger partial charge < -0.3 is 0 Å². The first kappa shape index (κ1) is 8.51. The number of hydrogen-bond donors (Lipinski definition) is 0. The van der Waals surface area contributed by atoms with Crippen LogP contribution in [0.15, 0.2) is 11.6 Å². The molecule has 1 nitrogen and oxygen atoms in total. The first-order valence-electron chi connectivity index (χ1n) is 4.17. The van der Waals surface area contributed by atoms with Gasteiger partial charge >= 0.3 is 0 Å². The number of hydrogen-bond acceptors (Lipinski definition) is 1. The van der Waals surface area contributed by atoms with Gasteiger partial charge in [0, 0.05) is 6.42 Å². The van der Waals surface area contributed by atoms with Crippen molar-refractivity contribution in [2.75, 3.05) is 0 Å². The highest BCUT2D eigenvalue weighted by atomic mass is 16.1. The van der Waals surface area contributed by atoms with Gasteiger partial charge in [-0.3, -0.25) is 4.79 Å². The third-order valence-electron chi connectivity index (χ3n) is 2.37. The van der Waals surface area contributed by atoms with Crippen LogP contribution in [-0.4, -0.2) is 6.29 Å². The molecular weight excluding hydrogens is 136 g/mol. The molecule has 0 aliphatic heterocycles. The highest BCUT2D eigenvalue weighted by Crippen LogP contribution is 2.34. The molecule has 0 amide bonds. The fraction of sp³-hybridized carbons (Fsp3) is 0.700. The zero-order valence-electron chi connectivity index (χ0n) is 7.31. The van der Waals surface area contributed by atoms with Crippen LogP contribution in [0, 0.1) is 5.41 Å². The fourth-order valence-corrected chi connectivity index (χ4v) is 1.38. The highest BCUT2D eigenvalue weighted by molar-refractivity contribution is 5.55. The van der Waals surface area contributed by atoms with Gasteiger partial charge in [0.25, 0.3) is 0 Å². The predicted octanol–water partition coefficient (Wildman–Crippen LogP) is 2.62. The van der Waals surface area contributed by atoms with Crippen LogP contribution in [0.25, 0.3) is 0 Å². The second kappa shape index (κ2) is 3.21. The lowest BCUT2D eigenvalue weighted by Gasteiger charge is -2.27. The van der Waals surface area contributed by atoms with E-state index in [1.54, 1.807) is 0 Å². The van der Waals surface area contributed by atoms with Gasteiger partial charge in [-0.2, -0.15) is 0 Å². The van der Waals surface area contributed by atoms with E-state index in [0.29, 0.717) is 11.8 Å². The normalized spacial score (nSPS) is 22.5. The summed E-state index contributed by atoms with van der Waals surface area (Å²) in [5.41, 5.74) is 1.73. The lowest BCUT2D eigenvalue weighted by molar-refractivity contribution is 0.323. The molecule has 0 aromatic heterocycles. The molecule has 0 N–H and O–H groups in total. The maximum Gasteiger partial charge on any atom is 0.202 e. The van der Waals surface area contributed by atoms with E-state index in [4.69, 9.17) is 0 Å². The van der Waals surface area contributed by atoms with Crippen molar-refractivity contribution in [3.63, 3.8) is 0 Å². The van der Waals surface area contributed by atoms with Gasteiger partial charge in [-0.25, -0.2) is 0 Å². The van der Waals surface area contributed by atoms with Gasteiger partial charge in [0.15, 0.2) is 0 Å².